The zero-order valence-corrected chi connectivity index (χ0v) is 5.75. The first kappa shape index (κ1) is 4.55. The Kier molecular flexibility index (Phi) is 0.456. The van der Waals surface area contributed by atoms with Crippen LogP contribution in [0.15, 0.2) is 11.1 Å². The summed E-state index contributed by atoms with van der Waals surface area (Å²) in [6, 6.07) is 0. The maximum atomic E-state index is 9.56. The summed E-state index contributed by atoms with van der Waals surface area (Å²) in [5.74, 6) is 3.83. The first-order valence-electron chi connectivity index (χ1n) is 4.29. The molecule has 0 aromatic rings. The number of hydrogen-bond donors (Lipinski definition) is 1. The molecule has 4 rings (SSSR count). The molecule has 0 aromatic carbocycles. The molecule has 4 aliphatic carbocycles. The summed E-state index contributed by atoms with van der Waals surface area (Å²) in [6.45, 7) is 0. The molecule has 0 saturated heterocycles. The minimum atomic E-state index is -0.00579. The van der Waals surface area contributed by atoms with Gasteiger partial charge in [0, 0.05) is 0 Å². The molecule has 10 heavy (non-hydrogen) atoms. The van der Waals surface area contributed by atoms with Gasteiger partial charge in [-0.1, -0.05) is 5.57 Å². The smallest absolute Gasteiger partial charge is 0.0758 e. The SMILES string of the molecule is OC1CC2C3C1=C1CC1C23. The average molecular weight is 134 g/mol. The lowest BCUT2D eigenvalue weighted by atomic mass is 10.1. The fourth-order valence-electron chi connectivity index (χ4n) is 3.60. The van der Waals surface area contributed by atoms with Crippen LogP contribution >= 0.6 is 0 Å². The minimum absolute atomic E-state index is 0.00579. The van der Waals surface area contributed by atoms with Crippen LogP contribution in [0.2, 0.25) is 0 Å². The molecule has 5 atom stereocenters. The molecule has 1 nitrogen and oxygen atoms in total. The molecule has 3 fully saturated rings. The second-order valence-electron chi connectivity index (χ2n) is 4.31. The molecule has 0 heterocycles. The van der Waals surface area contributed by atoms with Crippen LogP contribution < -0.4 is 0 Å². The monoisotopic (exact) mass is 134 g/mol. The van der Waals surface area contributed by atoms with Crippen molar-refractivity contribution in [2.75, 3.05) is 0 Å². The van der Waals surface area contributed by atoms with Crippen LogP contribution in [0.25, 0.3) is 0 Å². The van der Waals surface area contributed by atoms with Crippen molar-refractivity contribution in [2.24, 2.45) is 23.7 Å². The van der Waals surface area contributed by atoms with Gasteiger partial charge in [-0.15, -0.1) is 0 Å². The quantitative estimate of drug-likeness (QED) is 0.489. The van der Waals surface area contributed by atoms with Gasteiger partial charge in [0.25, 0.3) is 0 Å². The summed E-state index contributed by atoms with van der Waals surface area (Å²) in [5.41, 5.74) is 3.16. The van der Waals surface area contributed by atoms with Crippen molar-refractivity contribution in [1.82, 2.24) is 0 Å². The van der Waals surface area contributed by atoms with E-state index in [1.54, 1.807) is 5.57 Å². The fourth-order valence-corrected chi connectivity index (χ4v) is 3.60. The van der Waals surface area contributed by atoms with Gasteiger partial charge >= 0.3 is 0 Å². The van der Waals surface area contributed by atoms with Crippen LogP contribution in [0.5, 0.6) is 0 Å². The molecule has 0 spiro atoms. The van der Waals surface area contributed by atoms with E-state index < -0.39 is 0 Å². The van der Waals surface area contributed by atoms with E-state index in [0.29, 0.717) is 0 Å². The highest BCUT2D eigenvalue weighted by Gasteiger charge is 2.71. The van der Waals surface area contributed by atoms with Gasteiger partial charge in [0.05, 0.1) is 6.10 Å². The lowest BCUT2D eigenvalue weighted by Gasteiger charge is -2.05. The average Bonchev–Trinajstić information content (AvgIpc) is 2.72. The first-order chi connectivity index (χ1) is 4.88. The number of fused-ring (bicyclic) bond motifs is 3. The second-order valence-corrected chi connectivity index (χ2v) is 4.31. The van der Waals surface area contributed by atoms with Gasteiger partial charge in [-0.2, -0.15) is 0 Å². The Bertz CT molecular complexity index is 266. The number of rotatable bonds is 0. The zero-order valence-electron chi connectivity index (χ0n) is 5.75. The van der Waals surface area contributed by atoms with Crippen molar-refractivity contribution < 1.29 is 5.11 Å². The van der Waals surface area contributed by atoms with E-state index in [4.69, 9.17) is 0 Å². The molecule has 5 unspecified atom stereocenters. The van der Waals surface area contributed by atoms with E-state index in [1.165, 1.54) is 12.0 Å². The van der Waals surface area contributed by atoms with E-state index in [1.807, 2.05) is 0 Å². The van der Waals surface area contributed by atoms with Crippen LogP contribution in [0.4, 0.5) is 0 Å². The summed E-state index contributed by atoms with van der Waals surface area (Å²) >= 11 is 0. The molecular weight excluding hydrogens is 124 g/mol. The molecule has 1 heteroatoms. The molecule has 3 saturated carbocycles. The lowest BCUT2D eigenvalue weighted by Crippen LogP contribution is -2.06. The van der Waals surface area contributed by atoms with Crippen LogP contribution in [-0.2, 0) is 0 Å². The topological polar surface area (TPSA) is 20.2 Å². The molecule has 1 N–H and O–H groups in total. The number of hydrogen-bond acceptors (Lipinski definition) is 1. The van der Waals surface area contributed by atoms with Gasteiger partial charge in [-0.05, 0) is 42.1 Å². The predicted molar refractivity (Wildman–Crippen MR) is 36.2 cm³/mol. The summed E-state index contributed by atoms with van der Waals surface area (Å²) in [6.07, 6.45) is 2.45. The van der Waals surface area contributed by atoms with Gasteiger partial charge in [-0.3, -0.25) is 0 Å². The summed E-state index contributed by atoms with van der Waals surface area (Å²) in [4.78, 5) is 0. The molecule has 0 bridgehead atoms. The highest BCUT2D eigenvalue weighted by atomic mass is 16.3. The minimum Gasteiger partial charge on any atom is -0.389 e. The van der Waals surface area contributed by atoms with Crippen molar-refractivity contribution in [3.63, 3.8) is 0 Å². The zero-order chi connectivity index (χ0) is 6.46. The normalized spacial score (nSPS) is 66.3. The maximum Gasteiger partial charge on any atom is 0.0758 e. The summed E-state index contributed by atoms with van der Waals surface area (Å²) in [7, 11) is 0. The third-order valence-corrected chi connectivity index (χ3v) is 4.01. The lowest BCUT2D eigenvalue weighted by molar-refractivity contribution is 0.202. The fraction of sp³-hybridized carbons (Fsp3) is 0.778. The van der Waals surface area contributed by atoms with Gasteiger partial charge in [0.1, 0.15) is 0 Å². The van der Waals surface area contributed by atoms with Crippen LogP contribution in [0, 0.1) is 23.7 Å². The Balaban J connectivity index is 2.00. The molecule has 0 radical (unpaired) electrons. The number of aliphatic hydroxyl groups excluding tert-OH is 1. The molecule has 0 amide bonds. The maximum absolute atomic E-state index is 9.56. The highest BCUT2D eigenvalue weighted by molar-refractivity contribution is 5.51. The molecule has 0 aromatic heterocycles. The first-order valence-corrected chi connectivity index (χ1v) is 4.29. The van der Waals surface area contributed by atoms with Crippen molar-refractivity contribution in [3.8, 4) is 0 Å². The van der Waals surface area contributed by atoms with Crippen LogP contribution in [0.3, 0.4) is 0 Å². The Morgan fingerprint density at radius 2 is 2.30 bits per heavy atom. The van der Waals surface area contributed by atoms with Gasteiger partial charge in [-0.25, -0.2) is 0 Å². The third kappa shape index (κ3) is 0.271. The number of allylic oxidation sites excluding steroid dienone is 1. The van der Waals surface area contributed by atoms with Crippen LogP contribution in [0.1, 0.15) is 12.8 Å². The van der Waals surface area contributed by atoms with E-state index in [-0.39, 0.29) is 6.10 Å². The summed E-state index contributed by atoms with van der Waals surface area (Å²) < 4.78 is 0. The molecular formula is C9H10O. The van der Waals surface area contributed by atoms with Gasteiger partial charge in [0.15, 0.2) is 0 Å². The van der Waals surface area contributed by atoms with Crippen molar-refractivity contribution in [3.05, 3.63) is 11.1 Å². The Morgan fingerprint density at radius 1 is 1.40 bits per heavy atom. The predicted octanol–water partition coefficient (Wildman–Crippen LogP) is 0.943. The van der Waals surface area contributed by atoms with E-state index >= 15 is 0 Å². The Morgan fingerprint density at radius 3 is 3.10 bits per heavy atom. The van der Waals surface area contributed by atoms with E-state index in [0.717, 1.165) is 30.1 Å². The van der Waals surface area contributed by atoms with E-state index in [2.05, 4.69) is 0 Å². The molecule has 4 aliphatic rings. The second kappa shape index (κ2) is 1.00. The van der Waals surface area contributed by atoms with Crippen molar-refractivity contribution >= 4 is 0 Å². The third-order valence-electron chi connectivity index (χ3n) is 4.01. The Hall–Kier alpha value is -0.300. The van der Waals surface area contributed by atoms with Crippen molar-refractivity contribution in [2.45, 2.75) is 18.9 Å². The van der Waals surface area contributed by atoms with E-state index in [9.17, 15) is 5.11 Å². The molecule has 52 valence electrons. The highest BCUT2D eigenvalue weighted by Crippen LogP contribution is 2.77. The summed E-state index contributed by atoms with van der Waals surface area (Å²) in [5, 5.41) is 9.56. The largest absolute Gasteiger partial charge is 0.389 e. The number of aliphatic hydroxyl groups is 1. The van der Waals surface area contributed by atoms with Crippen molar-refractivity contribution in [1.29, 1.82) is 0 Å². The van der Waals surface area contributed by atoms with Gasteiger partial charge < -0.3 is 5.11 Å². The van der Waals surface area contributed by atoms with Gasteiger partial charge in [0.2, 0.25) is 0 Å². The molecule has 0 aliphatic heterocycles. The standard InChI is InChI=1S/C9H10O/c10-6-2-5-7-3-1-4(3)8(6)9(5)7/h3,5-7,9-10H,1-2H2. The van der Waals surface area contributed by atoms with Crippen LogP contribution in [-0.4, -0.2) is 11.2 Å². The Labute approximate surface area is 59.7 Å².